The summed E-state index contributed by atoms with van der Waals surface area (Å²) in [4.78, 5) is 26.8. The number of hydrogen-bond acceptors (Lipinski definition) is 7. The quantitative estimate of drug-likeness (QED) is 0.238. The minimum atomic E-state index is -0.546. The second-order valence-corrected chi connectivity index (χ2v) is 6.73. The average molecular weight is 334 g/mol. The second kappa shape index (κ2) is 10.2. The van der Waals surface area contributed by atoms with Gasteiger partial charge in [-0.25, -0.2) is 10.1 Å². The monoisotopic (exact) mass is 334 g/mol. The van der Waals surface area contributed by atoms with E-state index in [-0.39, 0.29) is 18.5 Å². The Bertz CT molecular complexity index is 341. The number of hydrogen-bond donors (Lipinski definition) is 1. The smallest absolute Gasteiger partial charge is 0.309 e. The maximum atomic E-state index is 12.5. The van der Waals surface area contributed by atoms with Crippen LogP contribution in [0.1, 0.15) is 66.2 Å². The van der Waals surface area contributed by atoms with E-state index in [1.54, 1.807) is 0 Å². The van der Waals surface area contributed by atoms with Crippen LogP contribution >= 0.6 is 0 Å². The maximum Gasteiger partial charge on any atom is 0.309 e. The summed E-state index contributed by atoms with van der Waals surface area (Å²) in [6.45, 7) is 7.99. The summed E-state index contributed by atoms with van der Waals surface area (Å²) in [6, 6.07) is 0. The topological polar surface area (TPSA) is 90.1 Å². The minimum absolute atomic E-state index is 0.00482. The van der Waals surface area contributed by atoms with Gasteiger partial charge in [-0.3, -0.25) is 4.79 Å². The molecule has 0 aromatic carbocycles. The Kier molecular flexibility index (Phi) is 9.01. The highest BCUT2D eigenvalue weighted by Gasteiger charge is 2.43. The molecule has 0 saturated carbocycles. The van der Waals surface area contributed by atoms with Gasteiger partial charge >= 0.3 is 5.97 Å². The third-order valence-electron chi connectivity index (χ3n) is 3.88. The normalized spacial score (nSPS) is 18.7. The lowest BCUT2D eigenvalue weighted by Gasteiger charge is -2.22. The van der Waals surface area contributed by atoms with Crippen LogP contribution in [-0.2, 0) is 29.2 Å². The molecule has 0 aromatic heterocycles. The van der Waals surface area contributed by atoms with E-state index in [9.17, 15) is 4.79 Å². The number of rotatable bonds is 13. The number of esters is 1. The largest absolute Gasteiger partial charge is 0.460 e. The molecule has 2 unspecified atom stereocenters. The van der Waals surface area contributed by atoms with Gasteiger partial charge in [0.25, 0.3) is 0 Å². The fourth-order valence-corrected chi connectivity index (χ4v) is 2.46. The van der Waals surface area contributed by atoms with Crippen molar-refractivity contribution in [3.63, 3.8) is 0 Å². The first-order chi connectivity index (χ1) is 10.9. The van der Waals surface area contributed by atoms with Crippen LogP contribution < -0.4 is 0 Å². The SMILES string of the molecule is CCCCC(CCC1(C)OO1)C(=O)OC(COOO)CC(C)C. The van der Waals surface area contributed by atoms with Crippen LogP contribution in [0.15, 0.2) is 0 Å². The molecule has 1 aliphatic rings. The molecule has 2 atom stereocenters. The zero-order valence-electron chi connectivity index (χ0n) is 14.6. The van der Waals surface area contributed by atoms with Gasteiger partial charge in [-0.05, 0) is 32.1 Å². The number of carbonyl (C=O) groups is 1. The standard InChI is InChI=1S/C16H30O7/c1-5-6-7-13(8-9-16(4)21-22-16)15(17)20-14(10-12(2)3)11-19-23-18/h12-14,18H,5-11H2,1-4H3. The van der Waals surface area contributed by atoms with Crippen LogP contribution in [-0.4, -0.2) is 29.7 Å². The Hall–Kier alpha value is -0.730. The maximum absolute atomic E-state index is 12.5. The van der Waals surface area contributed by atoms with Gasteiger partial charge in [-0.15, -0.1) is 0 Å². The van der Waals surface area contributed by atoms with Gasteiger partial charge in [0.05, 0.1) is 5.92 Å². The van der Waals surface area contributed by atoms with Gasteiger partial charge in [0.15, 0.2) is 0 Å². The molecule has 0 radical (unpaired) electrons. The third-order valence-corrected chi connectivity index (χ3v) is 3.88. The van der Waals surface area contributed by atoms with Crippen molar-refractivity contribution in [2.24, 2.45) is 11.8 Å². The summed E-state index contributed by atoms with van der Waals surface area (Å²) in [5.41, 5.74) is 0. The molecule has 0 bridgehead atoms. The minimum Gasteiger partial charge on any atom is -0.460 e. The van der Waals surface area contributed by atoms with Crippen LogP contribution in [0.3, 0.4) is 0 Å². The van der Waals surface area contributed by atoms with Gasteiger partial charge < -0.3 is 4.74 Å². The van der Waals surface area contributed by atoms with E-state index in [1.807, 2.05) is 20.8 Å². The van der Waals surface area contributed by atoms with Gasteiger partial charge in [0.2, 0.25) is 5.79 Å². The molecule has 1 N–H and O–H groups in total. The van der Waals surface area contributed by atoms with Gasteiger partial charge in [-0.1, -0.05) is 38.7 Å². The Balaban J connectivity index is 2.52. The zero-order valence-corrected chi connectivity index (χ0v) is 14.6. The van der Waals surface area contributed by atoms with E-state index in [4.69, 9.17) is 19.8 Å². The molecule has 1 saturated heterocycles. The molecule has 1 rings (SSSR count). The highest BCUT2D eigenvalue weighted by molar-refractivity contribution is 5.72. The summed E-state index contributed by atoms with van der Waals surface area (Å²) in [6.07, 6.45) is 4.26. The van der Waals surface area contributed by atoms with E-state index in [0.29, 0.717) is 25.2 Å². The Morgan fingerprint density at radius 3 is 2.48 bits per heavy atom. The fourth-order valence-electron chi connectivity index (χ4n) is 2.46. The Morgan fingerprint density at radius 2 is 1.96 bits per heavy atom. The van der Waals surface area contributed by atoms with Crippen molar-refractivity contribution in [1.29, 1.82) is 0 Å². The molecule has 1 heterocycles. The zero-order chi connectivity index (χ0) is 17.3. The van der Waals surface area contributed by atoms with Crippen LogP contribution in [0.2, 0.25) is 0 Å². The summed E-state index contributed by atoms with van der Waals surface area (Å²) >= 11 is 0. The van der Waals surface area contributed by atoms with Gasteiger partial charge in [0, 0.05) is 6.42 Å². The van der Waals surface area contributed by atoms with Gasteiger partial charge in [0.1, 0.15) is 12.7 Å². The van der Waals surface area contributed by atoms with Crippen molar-refractivity contribution in [2.75, 3.05) is 6.61 Å². The average Bonchev–Trinajstić information content (AvgIpc) is 3.22. The van der Waals surface area contributed by atoms with Gasteiger partial charge in [-0.2, -0.15) is 9.78 Å². The second-order valence-electron chi connectivity index (χ2n) is 6.73. The molecule has 0 aliphatic carbocycles. The predicted octanol–water partition coefficient (Wildman–Crippen LogP) is 3.63. The first kappa shape index (κ1) is 20.3. The lowest BCUT2D eigenvalue weighted by molar-refractivity contribution is -0.494. The molecular weight excluding hydrogens is 304 g/mol. The molecule has 1 fully saturated rings. The Labute approximate surface area is 138 Å². The van der Waals surface area contributed by atoms with Crippen molar-refractivity contribution in [3.05, 3.63) is 0 Å². The highest BCUT2D eigenvalue weighted by Crippen LogP contribution is 2.35. The molecule has 23 heavy (non-hydrogen) atoms. The molecular formula is C16H30O7. The van der Waals surface area contributed by atoms with E-state index in [2.05, 4.69) is 16.8 Å². The fraction of sp³-hybridized carbons (Fsp3) is 0.938. The first-order valence-corrected chi connectivity index (χ1v) is 8.40. The van der Waals surface area contributed by atoms with E-state index >= 15 is 0 Å². The van der Waals surface area contributed by atoms with Crippen molar-refractivity contribution >= 4 is 5.97 Å². The summed E-state index contributed by atoms with van der Waals surface area (Å²) in [5, 5.41) is 11.9. The Morgan fingerprint density at radius 1 is 1.26 bits per heavy atom. The predicted molar refractivity (Wildman–Crippen MR) is 81.8 cm³/mol. The first-order valence-electron chi connectivity index (χ1n) is 8.40. The van der Waals surface area contributed by atoms with Crippen molar-refractivity contribution in [1.82, 2.24) is 0 Å². The van der Waals surface area contributed by atoms with Crippen LogP contribution in [0.25, 0.3) is 0 Å². The number of ether oxygens (including phenoxy) is 1. The van der Waals surface area contributed by atoms with Crippen LogP contribution in [0.4, 0.5) is 0 Å². The highest BCUT2D eigenvalue weighted by atomic mass is 17.5. The van der Waals surface area contributed by atoms with E-state index < -0.39 is 11.9 Å². The van der Waals surface area contributed by atoms with Crippen LogP contribution in [0, 0.1) is 11.8 Å². The van der Waals surface area contributed by atoms with Crippen molar-refractivity contribution in [3.8, 4) is 0 Å². The molecule has 0 amide bonds. The third kappa shape index (κ3) is 8.62. The van der Waals surface area contributed by atoms with Crippen LogP contribution in [0.5, 0.6) is 0 Å². The number of unbranched alkanes of at least 4 members (excludes halogenated alkanes) is 1. The van der Waals surface area contributed by atoms with Crippen molar-refractivity contribution in [2.45, 2.75) is 78.1 Å². The summed E-state index contributed by atoms with van der Waals surface area (Å²) in [5.74, 6) is -0.647. The number of carbonyl (C=O) groups excluding carboxylic acids is 1. The lowest BCUT2D eigenvalue weighted by atomic mass is 9.94. The van der Waals surface area contributed by atoms with E-state index in [0.717, 1.165) is 19.3 Å². The van der Waals surface area contributed by atoms with Crippen molar-refractivity contribution < 1.29 is 34.5 Å². The molecule has 7 heteroatoms. The summed E-state index contributed by atoms with van der Waals surface area (Å²) < 4.78 is 5.57. The molecule has 136 valence electrons. The lowest BCUT2D eigenvalue weighted by Crippen LogP contribution is -2.29. The van der Waals surface area contributed by atoms with E-state index in [1.165, 1.54) is 0 Å². The molecule has 0 spiro atoms. The summed E-state index contributed by atoms with van der Waals surface area (Å²) in [7, 11) is 0. The molecule has 0 aromatic rings. The molecule has 1 aliphatic heterocycles. The molecule has 7 nitrogen and oxygen atoms in total.